The van der Waals surface area contributed by atoms with Gasteiger partial charge in [-0.1, -0.05) is 30.3 Å². The molecule has 0 amide bonds. The van der Waals surface area contributed by atoms with E-state index in [-0.39, 0.29) is 16.9 Å². The van der Waals surface area contributed by atoms with Gasteiger partial charge in [-0.25, -0.2) is 8.78 Å². The van der Waals surface area contributed by atoms with Crippen molar-refractivity contribution in [2.24, 2.45) is 0 Å². The summed E-state index contributed by atoms with van der Waals surface area (Å²) in [5, 5.41) is 10.1. The molecule has 0 unspecified atom stereocenters. The largest absolute Gasteiger partial charge is 0.507 e. The van der Waals surface area contributed by atoms with E-state index < -0.39 is 73.8 Å². The molecule has 0 aliphatic heterocycles. The summed E-state index contributed by atoms with van der Waals surface area (Å²) in [6, 6.07) is 11.3. The van der Waals surface area contributed by atoms with Gasteiger partial charge in [0.1, 0.15) is 18.1 Å². The van der Waals surface area contributed by atoms with Crippen molar-refractivity contribution in [3.05, 3.63) is 59.7 Å². The first-order valence-corrected chi connectivity index (χ1v) is 10.6. The monoisotopic (exact) mass is 586 g/mol. The number of carbonyl (C=O) groups excluding carboxylic acids is 1. The van der Waals surface area contributed by atoms with Crippen LogP contribution in [0.1, 0.15) is 22.3 Å². The quantitative estimate of drug-likeness (QED) is 0.150. The summed E-state index contributed by atoms with van der Waals surface area (Å²) in [5.74, 6) is -36.7. The topological polar surface area (TPSA) is 55.8 Å². The molecular formula is C23H18F12O4. The summed E-state index contributed by atoms with van der Waals surface area (Å²) in [6.45, 7) is -4.00. The van der Waals surface area contributed by atoms with Gasteiger partial charge in [-0.3, -0.25) is 4.79 Å². The van der Waals surface area contributed by atoms with Crippen LogP contribution in [0.2, 0.25) is 0 Å². The predicted molar refractivity (Wildman–Crippen MR) is 110 cm³/mol. The normalized spacial score (nSPS) is 13.6. The Morgan fingerprint density at radius 1 is 0.795 bits per heavy atom. The number of hydrogen-bond acceptors (Lipinski definition) is 4. The molecule has 0 fully saturated rings. The van der Waals surface area contributed by atoms with Gasteiger partial charge in [-0.2, -0.15) is 43.9 Å². The molecule has 0 atom stereocenters. The predicted octanol–water partition coefficient (Wildman–Crippen LogP) is 6.85. The summed E-state index contributed by atoms with van der Waals surface area (Å²) in [6.07, 6.45) is -5.97. The second-order valence-corrected chi connectivity index (χ2v) is 7.98. The number of rotatable bonds is 14. The second-order valence-electron chi connectivity index (χ2n) is 7.98. The van der Waals surface area contributed by atoms with Crippen molar-refractivity contribution in [1.29, 1.82) is 0 Å². The number of alkyl halides is 12. The zero-order valence-corrected chi connectivity index (χ0v) is 19.2. The molecule has 4 nitrogen and oxygen atoms in total. The Labute approximate surface area is 212 Å². The smallest absolute Gasteiger partial charge is 0.384 e. The van der Waals surface area contributed by atoms with E-state index in [1.807, 2.05) is 0 Å². The van der Waals surface area contributed by atoms with Gasteiger partial charge in [0.05, 0.1) is 18.8 Å². The van der Waals surface area contributed by atoms with Crippen LogP contribution in [-0.4, -0.2) is 66.7 Å². The average Bonchev–Trinajstić information content (AvgIpc) is 2.85. The van der Waals surface area contributed by atoms with Crippen molar-refractivity contribution in [3.63, 3.8) is 0 Å². The Hall–Kier alpha value is -3.17. The van der Waals surface area contributed by atoms with Crippen LogP contribution in [0.4, 0.5) is 52.7 Å². The first kappa shape index (κ1) is 32.0. The number of ketones is 1. The standard InChI is InChI=1S/C23H18F12O4/c24-18(25)20(28,29)22(32,33)23(34,35)21(30,31)19(26,27)12-38-9-4-10-39-14-7-8-15(16(36)11-14)17(37)13-5-2-1-3-6-13/h1-3,5-8,11,18,36H,4,9-10,12H2. The molecule has 0 bridgehead atoms. The fraction of sp³-hybridized carbons (Fsp3) is 0.435. The van der Waals surface area contributed by atoms with Gasteiger partial charge in [0.25, 0.3) is 0 Å². The molecular weight excluding hydrogens is 568 g/mol. The number of ether oxygens (including phenoxy) is 2. The number of aromatic hydroxyl groups is 1. The van der Waals surface area contributed by atoms with Gasteiger partial charge in [-0.05, 0) is 12.1 Å². The van der Waals surface area contributed by atoms with Crippen LogP contribution in [0.3, 0.4) is 0 Å². The van der Waals surface area contributed by atoms with Gasteiger partial charge in [0, 0.05) is 18.1 Å². The van der Waals surface area contributed by atoms with Crippen LogP contribution in [0, 0.1) is 0 Å². The molecule has 2 aromatic rings. The van der Waals surface area contributed by atoms with Crippen LogP contribution in [0.15, 0.2) is 48.5 Å². The number of halogens is 12. The molecule has 0 aliphatic rings. The highest BCUT2D eigenvalue weighted by molar-refractivity contribution is 6.10. The number of phenols is 1. The average molecular weight is 586 g/mol. The molecule has 218 valence electrons. The van der Waals surface area contributed by atoms with Crippen LogP contribution < -0.4 is 4.74 Å². The van der Waals surface area contributed by atoms with Crippen molar-refractivity contribution in [1.82, 2.24) is 0 Å². The van der Waals surface area contributed by atoms with Crippen molar-refractivity contribution >= 4 is 5.78 Å². The highest BCUT2D eigenvalue weighted by Gasteiger charge is 2.87. The van der Waals surface area contributed by atoms with E-state index >= 15 is 0 Å². The van der Waals surface area contributed by atoms with Gasteiger partial charge in [0.2, 0.25) is 0 Å². The second kappa shape index (κ2) is 11.5. The molecule has 0 aromatic heterocycles. The van der Waals surface area contributed by atoms with E-state index in [0.717, 1.165) is 6.07 Å². The lowest BCUT2D eigenvalue weighted by molar-refractivity contribution is -0.415. The first-order valence-electron chi connectivity index (χ1n) is 10.6. The minimum atomic E-state index is -7.61. The van der Waals surface area contributed by atoms with E-state index in [4.69, 9.17) is 4.74 Å². The van der Waals surface area contributed by atoms with Crippen molar-refractivity contribution in [2.45, 2.75) is 42.5 Å². The third-order valence-corrected chi connectivity index (χ3v) is 5.18. The summed E-state index contributed by atoms with van der Waals surface area (Å²) in [5.41, 5.74) is 0.180. The van der Waals surface area contributed by atoms with Gasteiger partial charge < -0.3 is 14.6 Å². The number of benzene rings is 2. The van der Waals surface area contributed by atoms with Crippen LogP contribution in [-0.2, 0) is 4.74 Å². The summed E-state index contributed by atoms with van der Waals surface area (Å²) < 4.78 is 167. The van der Waals surface area contributed by atoms with Crippen LogP contribution >= 0.6 is 0 Å². The summed E-state index contributed by atoms with van der Waals surface area (Å²) >= 11 is 0. The maximum absolute atomic E-state index is 13.7. The van der Waals surface area contributed by atoms with Crippen LogP contribution in [0.5, 0.6) is 11.5 Å². The zero-order valence-electron chi connectivity index (χ0n) is 19.2. The highest BCUT2D eigenvalue weighted by Crippen LogP contribution is 2.58. The molecule has 0 saturated carbocycles. The molecule has 16 heteroatoms. The molecule has 0 saturated heterocycles. The van der Waals surface area contributed by atoms with Gasteiger partial charge >= 0.3 is 36.0 Å². The highest BCUT2D eigenvalue weighted by atomic mass is 19.4. The Kier molecular flexibility index (Phi) is 9.46. The molecule has 2 aromatic carbocycles. The minimum Gasteiger partial charge on any atom is -0.507 e. The lowest BCUT2D eigenvalue weighted by atomic mass is 9.94. The van der Waals surface area contributed by atoms with E-state index in [9.17, 15) is 62.6 Å². The Balaban J connectivity index is 1.92. The zero-order chi connectivity index (χ0) is 29.9. The SMILES string of the molecule is O=C(c1ccccc1)c1ccc(OCCCOCC(F)(F)C(F)(F)C(F)(F)C(F)(F)C(F)(F)C(F)F)cc1O. The van der Waals surface area contributed by atoms with E-state index in [1.165, 1.54) is 24.3 Å². The van der Waals surface area contributed by atoms with Gasteiger partial charge in [-0.15, -0.1) is 0 Å². The maximum atomic E-state index is 13.7. The Morgan fingerprint density at radius 2 is 1.38 bits per heavy atom. The summed E-state index contributed by atoms with van der Waals surface area (Å²) in [4.78, 5) is 12.4. The van der Waals surface area contributed by atoms with E-state index in [1.54, 1.807) is 18.2 Å². The fourth-order valence-electron chi connectivity index (χ4n) is 2.95. The van der Waals surface area contributed by atoms with Crippen molar-refractivity contribution in [2.75, 3.05) is 19.8 Å². The molecule has 0 spiro atoms. The summed E-state index contributed by atoms with van der Waals surface area (Å²) in [7, 11) is 0. The van der Waals surface area contributed by atoms with Crippen molar-refractivity contribution < 1.29 is 72.1 Å². The lowest BCUT2D eigenvalue weighted by Gasteiger charge is -2.39. The third-order valence-electron chi connectivity index (χ3n) is 5.18. The van der Waals surface area contributed by atoms with E-state index in [2.05, 4.69) is 4.74 Å². The number of carbonyl (C=O) groups is 1. The first-order chi connectivity index (χ1) is 17.8. The van der Waals surface area contributed by atoms with E-state index in [0.29, 0.717) is 0 Å². The maximum Gasteiger partial charge on any atom is 0.384 e. The molecule has 0 radical (unpaired) electrons. The number of phenolic OH excluding ortho intramolecular Hbond substituents is 1. The molecule has 0 aliphatic carbocycles. The minimum absolute atomic E-state index is 0.0455. The Morgan fingerprint density at radius 3 is 1.92 bits per heavy atom. The molecule has 1 N–H and O–H groups in total. The van der Waals surface area contributed by atoms with Crippen molar-refractivity contribution in [3.8, 4) is 11.5 Å². The molecule has 0 heterocycles. The number of hydrogen-bond donors (Lipinski definition) is 1. The molecule has 39 heavy (non-hydrogen) atoms. The lowest BCUT2D eigenvalue weighted by Crippen LogP contribution is -2.69. The molecule has 2 rings (SSSR count). The fourth-order valence-corrected chi connectivity index (χ4v) is 2.95. The van der Waals surface area contributed by atoms with Gasteiger partial charge in [0.15, 0.2) is 5.78 Å². The third kappa shape index (κ3) is 6.20. The Bertz CT molecular complexity index is 1120. The van der Waals surface area contributed by atoms with Crippen LogP contribution in [0.25, 0.3) is 0 Å².